The molecule has 0 spiro atoms. The molecule has 2 aromatic rings. The molecule has 0 bridgehead atoms. The van der Waals surface area contributed by atoms with Crippen LogP contribution >= 0.6 is 0 Å². The second kappa shape index (κ2) is 9.05. The van der Waals surface area contributed by atoms with Gasteiger partial charge in [-0.1, -0.05) is 12.1 Å². The van der Waals surface area contributed by atoms with Gasteiger partial charge in [-0.3, -0.25) is 9.59 Å². The Bertz CT molecular complexity index is 911. The maximum atomic E-state index is 12.7. The quantitative estimate of drug-likeness (QED) is 0.724. The molecule has 0 saturated carbocycles. The number of ketones is 1. The van der Waals surface area contributed by atoms with Crippen molar-refractivity contribution < 1.29 is 19.1 Å². The summed E-state index contributed by atoms with van der Waals surface area (Å²) < 4.78 is 10.9. The fraction of sp³-hybridized carbons (Fsp3) is 0.409. The fourth-order valence-electron chi connectivity index (χ4n) is 3.46. The van der Waals surface area contributed by atoms with Crippen LogP contribution in [-0.4, -0.2) is 51.2 Å². The molecule has 0 radical (unpaired) electrons. The Morgan fingerprint density at radius 3 is 2.69 bits per heavy atom. The van der Waals surface area contributed by atoms with E-state index in [0.717, 1.165) is 35.4 Å². The molecule has 1 aromatic heterocycles. The summed E-state index contributed by atoms with van der Waals surface area (Å²) in [4.78, 5) is 31.0. The highest BCUT2D eigenvalue weighted by molar-refractivity contribution is 5.99. The minimum atomic E-state index is -0.536. The Labute approximate surface area is 171 Å². The molecule has 0 saturated heterocycles. The molecule has 0 aliphatic heterocycles. The van der Waals surface area contributed by atoms with E-state index in [1.807, 2.05) is 43.3 Å². The number of hydrogen-bond donors (Lipinski definition) is 1. The average Bonchev–Trinajstić information content (AvgIpc) is 2.72. The summed E-state index contributed by atoms with van der Waals surface area (Å²) in [6.07, 6.45) is 2.07. The van der Waals surface area contributed by atoms with Crippen molar-refractivity contribution in [3.05, 3.63) is 52.8 Å². The van der Waals surface area contributed by atoms with Crippen LogP contribution in [0.1, 0.15) is 44.9 Å². The van der Waals surface area contributed by atoms with Crippen molar-refractivity contribution >= 4 is 17.4 Å². The number of pyridine rings is 1. The van der Waals surface area contributed by atoms with Crippen LogP contribution in [0.4, 0.5) is 5.69 Å². The monoisotopic (exact) mass is 397 g/mol. The normalized spacial score (nSPS) is 14.1. The van der Waals surface area contributed by atoms with E-state index in [9.17, 15) is 9.59 Å². The maximum absolute atomic E-state index is 12.7. The number of aryl methyl sites for hydroxylation is 1. The number of nitrogens with zero attached hydrogens (tertiary/aromatic N) is 2. The third-order valence-corrected chi connectivity index (χ3v) is 5.05. The van der Waals surface area contributed by atoms with Gasteiger partial charge in [0.25, 0.3) is 5.91 Å². The van der Waals surface area contributed by atoms with Crippen molar-refractivity contribution in [2.45, 2.75) is 31.9 Å². The first-order chi connectivity index (χ1) is 13.9. The molecule has 1 amide bonds. The van der Waals surface area contributed by atoms with Gasteiger partial charge in [0, 0.05) is 34.0 Å². The van der Waals surface area contributed by atoms with Gasteiger partial charge in [-0.05, 0) is 42.2 Å². The summed E-state index contributed by atoms with van der Waals surface area (Å²) >= 11 is 0. The topological polar surface area (TPSA) is 80.8 Å². The number of anilines is 1. The van der Waals surface area contributed by atoms with Crippen LogP contribution in [0.5, 0.6) is 5.75 Å². The van der Waals surface area contributed by atoms with E-state index in [1.165, 1.54) is 0 Å². The van der Waals surface area contributed by atoms with Gasteiger partial charge in [-0.25, -0.2) is 4.98 Å². The van der Waals surface area contributed by atoms with Crippen LogP contribution in [0.3, 0.4) is 0 Å². The van der Waals surface area contributed by atoms with Gasteiger partial charge < -0.3 is 19.7 Å². The molecule has 1 N–H and O–H groups in total. The number of rotatable bonds is 7. The number of hydrogen-bond acceptors (Lipinski definition) is 6. The lowest BCUT2D eigenvalue weighted by molar-refractivity contribution is 0.0578. The highest BCUT2D eigenvalue weighted by Gasteiger charge is 2.22. The van der Waals surface area contributed by atoms with Gasteiger partial charge in [0.15, 0.2) is 5.78 Å². The molecule has 3 rings (SSSR count). The van der Waals surface area contributed by atoms with Crippen LogP contribution in [-0.2, 0) is 17.6 Å². The lowest BCUT2D eigenvalue weighted by Gasteiger charge is -2.20. The lowest BCUT2D eigenvalue weighted by Crippen LogP contribution is -2.38. The van der Waals surface area contributed by atoms with Gasteiger partial charge in [0.1, 0.15) is 23.4 Å². The first-order valence-electron chi connectivity index (χ1n) is 9.64. The first kappa shape index (κ1) is 20.8. The number of Topliss-reactive ketones (excluding diaryl/α,β-unsaturated/α-hetero) is 1. The van der Waals surface area contributed by atoms with Crippen LogP contribution in [0, 0.1) is 0 Å². The predicted molar refractivity (Wildman–Crippen MR) is 111 cm³/mol. The predicted octanol–water partition coefficient (Wildman–Crippen LogP) is 2.62. The standard InChI is InChI=1S/C22H27N3O4/c1-25(2)17-11-8-14(12-19(17)28-3)13-20(29-4)24-22(27)16-10-9-15-6-5-7-18(26)21(15)23-16/h8-12,20H,5-7,13H2,1-4H3,(H,24,27). The van der Waals surface area contributed by atoms with Crippen LogP contribution in [0.15, 0.2) is 30.3 Å². The van der Waals surface area contributed by atoms with Crippen LogP contribution in [0.2, 0.25) is 0 Å². The number of methoxy groups -OCH3 is 2. The van der Waals surface area contributed by atoms with Crippen LogP contribution in [0.25, 0.3) is 0 Å². The third-order valence-electron chi connectivity index (χ3n) is 5.05. The number of benzene rings is 1. The molecule has 1 atom stereocenters. The van der Waals surface area contributed by atoms with Gasteiger partial charge in [-0.2, -0.15) is 0 Å². The molecule has 1 aliphatic carbocycles. The molecule has 7 nitrogen and oxygen atoms in total. The van der Waals surface area contributed by atoms with Gasteiger partial charge in [0.05, 0.1) is 12.8 Å². The van der Waals surface area contributed by atoms with E-state index in [1.54, 1.807) is 20.3 Å². The largest absolute Gasteiger partial charge is 0.495 e. The van der Waals surface area contributed by atoms with Crippen molar-refractivity contribution in [3.8, 4) is 5.75 Å². The molecular weight excluding hydrogens is 370 g/mol. The Morgan fingerprint density at radius 2 is 2.00 bits per heavy atom. The average molecular weight is 397 g/mol. The van der Waals surface area contributed by atoms with Crippen LogP contribution < -0.4 is 15.0 Å². The van der Waals surface area contributed by atoms with Gasteiger partial charge in [-0.15, -0.1) is 0 Å². The molecule has 29 heavy (non-hydrogen) atoms. The molecule has 1 heterocycles. The SMILES string of the molecule is COc1cc(CC(NC(=O)c2ccc3c(n2)C(=O)CCC3)OC)ccc1N(C)C. The fourth-order valence-corrected chi connectivity index (χ4v) is 3.46. The van der Waals surface area contributed by atoms with E-state index in [0.29, 0.717) is 18.5 Å². The second-order valence-corrected chi connectivity index (χ2v) is 7.28. The summed E-state index contributed by atoms with van der Waals surface area (Å²) in [6, 6.07) is 9.36. The smallest absolute Gasteiger partial charge is 0.271 e. The zero-order valence-electron chi connectivity index (χ0n) is 17.3. The van der Waals surface area contributed by atoms with E-state index < -0.39 is 6.23 Å². The van der Waals surface area contributed by atoms with E-state index >= 15 is 0 Å². The number of amides is 1. The van der Waals surface area contributed by atoms with Crippen molar-refractivity contribution in [2.75, 3.05) is 33.2 Å². The zero-order chi connectivity index (χ0) is 21.0. The number of nitrogens with one attached hydrogen (secondary N) is 1. The molecular formula is C22H27N3O4. The van der Waals surface area contributed by atoms with Crippen molar-refractivity contribution in [3.63, 3.8) is 0 Å². The number of aromatic nitrogens is 1. The Balaban J connectivity index is 1.72. The Morgan fingerprint density at radius 1 is 1.21 bits per heavy atom. The summed E-state index contributed by atoms with van der Waals surface area (Å²) in [6.45, 7) is 0. The molecule has 7 heteroatoms. The first-order valence-corrected chi connectivity index (χ1v) is 9.64. The molecule has 1 unspecified atom stereocenters. The van der Waals surface area contributed by atoms with E-state index in [2.05, 4.69) is 10.3 Å². The minimum absolute atomic E-state index is 0.00253. The lowest BCUT2D eigenvalue weighted by atomic mass is 9.95. The molecule has 1 aromatic carbocycles. The molecule has 1 aliphatic rings. The van der Waals surface area contributed by atoms with Crippen molar-refractivity contribution in [1.29, 1.82) is 0 Å². The summed E-state index contributed by atoms with van der Waals surface area (Å²) in [7, 11) is 7.07. The summed E-state index contributed by atoms with van der Waals surface area (Å²) in [5.74, 6) is 0.385. The highest BCUT2D eigenvalue weighted by atomic mass is 16.5. The number of carbonyl (C=O) groups is 2. The third kappa shape index (κ3) is 4.74. The van der Waals surface area contributed by atoms with Gasteiger partial charge in [0.2, 0.25) is 0 Å². The maximum Gasteiger partial charge on any atom is 0.271 e. The minimum Gasteiger partial charge on any atom is -0.495 e. The van der Waals surface area contributed by atoms with E-state index in [4.69, 9.17) is 9.47 Å². The van der Waals surface area contributed by atoms with Crippen molar-refractivity contribution in [2.24, 2.45) is 0 Å². The van der Waals surface area contributed by atoms with Gasteiger partial charge >= 0.3 is 0 Å². The zero-order valence-corrected chi connectivity index (χ0v) is 17.3. The Hall–Kier alpha value is -2.93. The number of carbonyl (C=O) groups excluding carboxylic acids is 2. The summed E-state index contributed by atoms with van der Waals surface area (Å²) in [5, 5.41) is 2.84. The summed E-state index contributed by atoms with van der Waals surface area (Å²) in [5.41, 5.74) is 3.49. The van der Waals surface area contributed by atoms with Crippen molar-refractivity contribution in [1.82, 2.24) is 10.3 Å². The highest BCUT2D eigenvalue weighted by Crippen LogP contribution is 2.28. The number of ether oxygens (including phenoxy) is 2. The van der Waals surface area contributed by atoms with E-state index in [-0.39, 0.29) is 17.4 Å². The number of fused-ring (bicyclic) bond motifs is 1. The second-order valence-electron chi connectivity index (χ2n) is 7.28. The Kier molecular flexibility index (Phi) is 6.49. The molecule has 0 fully saturated rings. The molecule has 154 valence electrons.